The molecule has 1 heterocycles. The second kappa shape index (κ2) is 4.06. The number of ketones is 1. The molecule has 1 aromatic carbocycles. The van der Waals surface area contributed by atoms with Gasteiger partial charge in [0.25, 0.3) is 0 Å². The zero-order valence-corrected chi connectivity index (χ0v) is 10.8. The average Bonchev–Trinajstić information content (AvgIpc) is 2.45. The Morgan fingerprint density at radius 2 is 1.73 bits per heavy atom. The Balaban J connectivity index is 2.46. The van der Waals surface area contributed by atoms with Gasteiger partial charge in [0, 0.05) is 8.95 Å². The number of nitrogens with zero attached hydrogens (tertiary/aromatic N) is 1. The molecule has 2 rings (SSSR count). The number of benzene rings is 1. The molecule has 1 amide bonds. The number of halogens is 2. The van der Waals surface area contributed by atoms with Gasteiger partial charge in [-0.15, -0.1) is 0 Å². The molecule has 0 bridgehead atoms. The minimum Gasteiger partial charge on any atom is -0.302 e. The van der Waals surface area contributed by atoms with Crippen LogP contribution in [0.2, 0.25) is 0 Å². The lowest BCUT2D eigenvalue weighted by molar-refractivity contribution is -0.121. The van der Waals surface area contributed by atoms with Crippen LogP contribution in [0.5, 0.6) is 0 Å². The van der Waals surface area contributed by atoms with Gasteiger partial charge in [-0.25, -0.2) is 0 Å². The number of hydrogen-bond donors (Lipinski definition) is 0. The maximum atomic E-state index is 11.6. The maximum absolute atomic E-state index is 11.6. The molecule has 1 aliphatic rings. The van der Waals surface area contributed by atoms with Gasteiger partial charge in [0.2, 0.25) is 5.91 Å². The lowest BCUT2D eigenvalue weighted by atomic mass is 10.3. The summed E-state index contributed by atoms with van der Waals surface area (Å²) in [5.41, 5.74) is 0.730. The molecule has 0 spiro atoms. The number of amides is 1. The standard InChI is InChI=1S/C10H7Br2NO2/c11-7-2-1-3-8(12)10(7)13-5-6(14)4-9(13)15/h1-3H,4-5H2. The minimum atomic E-state index is -0.146. The van der Waals surface area contributed by atoms with Crippen molar-refractivity contribution in [3.05, 3.63) is 27.1 Å². The number of carbonyl (C=O) groups excluding carboxylic acids is 2. The van der Waals surface area contributed by atoms with Crippen LogP contribution in [-0.2, 0) is 9.59 Å². The van der Waals surface area contributed by atoms with E-state index in [1.807, 2.05) is 18.2 Å². The molecule has 3 nitrogen and oxygen atoms in total. The van der Waals surface area contributed by atoms with Crippen molar-refractivity contribution >= 4 is 49.2 Å². The van der Waals surface area contributed by atoms with E-state index in [4.69, 9.17) is 0 Å². The Morgan fingerprint density at radius 3 is 2.20 bits per heavy atom. The molecule has 0 atom stereocenters. The van der Waals surface area contributed by atoms with E-state index in [2.05, 4.69) is 31.9 Å². The van der Waals surface area contributed by atoms with Crippen LogP contribution >= 0.6 is 31.9 Å². The molecule has 0 radical (unpaired) electrons. The van der Waals surface area contributed by atoms with Crippen LogP contribution in [0.25, 0.3) is 0 Å². The van der Waals surface area contributed by atoms with Crippen molar-refractivity contribution in [2.45, 2.75) is 6.42 Å². The Bertz CT molecular complexity index is 425. The third-order valence-electron chi connectivity index (χ3n) is 2.19. The SMILES string of the molecule is O=C1CC(=O)N(c2c(Br)cccc2Br)C1. The average molecular weight is 333 g/mol. The van der Waals surface area contributed by atoms with Gasteiger partial charge in [-0.1, -0.05) is 6.07 Å². The lowest BCUT2D eigenvalue weighted by Crippen LogP contribution is -2.25. The number of Topliss-reactive ketones (excluding diaryl/α,β-unsaturated/α-hetero) is 1. The van der Waals surface area contributed by atoms with Gasteiger partial charge in [-0.3, -0.25) is 9.59 Å². The van der Waals surface area contributed by atoms with E-state index in [1.165, 1.54) is 4.90 Å². The van der Waals surface area contributed by atoms with Crippen molar-refractivity contribution in [3.8, 4) is 0 Å². The summed E-state index contributed by atoms with van der Waals surface area (Å²) in [7, 11) is 0. The summed E-state index contributed by atoms with van der Waals surface area (Å²) in [4.78, 5) is 24.2. The van der Waals surface area contributed by atoms with Crippen LogP contribution in [0.4, 0.5) is 5.69 Å². The maximum Gasteiger partial charge on any atom is 0.234 e. The second-order valence-corrected chi connectivity index (χ2v) is 4.97. The van der Waals surface area contributed by atoms with E-state index in [0.29, 0.717) is 0 Å². The summed E-state index contributed by atoms with van der Waals surface area (Å²) in [6, 6.07) is 5.55. The molecule has 0 aliphatic carbocycles. The van der Waals surface area contributed by atoms with Gasteiger partial charge in [0.1, 0.15) is 0 Å². The number of anilines is 1. The molecule has 5 heteroatoms. The molecule has 1 aliphatic heterocycles. The minimum absolute atomic E-state index is 0.00771. The van der Waals surface area contributed by atoms with E-state index in [-0.39, 0.29) is 24.7 Å². The fourth-order valence-electron chi connectivity index (χ4n) is 1.54. The molecule has 0 unspecified atom stereocenters. The summed E-state index contributed by atoms with van der Waals surface area (Å²) >= 11 is 6.74. The van der Waals surface area contributed by atoms with Crippen molar-refractivity contribution in [3.63, 3.8) is 0 Å². The number of rotatable bonds is 1. The topological polar surface area (TPSA) is 37.4 Å². The number of carbonyl (C=O) groups is 2. The zero-order chi connectivity index (χ0) is 11.0. The van der Waals surface area contributed by atoms with Crippen LogP contribution in [0.15, 0.2) is 27.1 Å². The molecule has 1 fully saturated rings. The quantitative estimate of drug-likeness (QED) is 0.741. The predicted molar refractivity (Wildman–Crippen MR) is 63.8 cm³/mol. The zero-order valence-electron chi connectivity index (χ0n) is 7.67. The van der Waals surface area contributed by atoms with Gasteiger partial charge in [-0.05, 0) is 44.0 Å². The lowest BCUT2D eigenvalue weighted by Gasteiger charge is -2.18. The highest BCUT2D eigenvalue weighted by atomic mass is 79.9. The Labute approximate surface area is 104 Å². The van der Waals surface area contributed by atoms with Gasteiger partial charge in [0.05, 0.1) is 18.7 Å². The van der Waals surface area contributed by atoms with Crippen molar-refractivity contribution < 1.29 is 9.59 Å². The third kappa shape index (κ3) is 1.99. The van der Waals surface area contributed by atoms with E-state index in [1.54, 1.807) is 0 Å². The predicted octanol–water partition coefficient (Wildman–Crippen LogP) is 2.52. The van der Waals surface area contributed by atoms with E-state index < -0.39 is 0 Å². The van der Waals surface area contributed by atoms with Crippen molar-refractivity contribution in [2.75, 3.05) is 11.4 Å². The van der Waals surface area contributed by atoms with E-state index in [9.17, 15) is 9.59 Å². The van der Waals surface area contributed by atoms with Gasteiger partial charge < -0.3 is 4.90 Å². The molecular formula is C10H7Br2NO2. The van der Waals surface area contributed by atoms with Crippen LogP contribution in [0.1, 0.15) is 6.42 Å². The highest BCUT2D eigenvalue weighted by Crippen LogP contribution is 2.35. The second-order valence-electron chi connectivity index (χ2n) is 3.27. The molecule has 0 aromatic heterocycles. The summed E-state index contributed by atoms with van der Waals surface area (Å²) in [6.07, 6.45) is 0.00771. The molecule has 78 valence electrons. The van der Waals surface area contributed by atoms with Gasteiger partial charge in [0.15, 0.2) is 5.78 Å². The van der Waals surface area contributed by atoms with Crippen LogP contribution < -0.4 is 4.90 Å². The Hall–Kier alpha value is -0.680. The van der Waals surface area contributed by atoms with Crippen molar-refractivity contribution in [2.24, 2.45) is 0 Å². The summed E-state index contributed by atoms with van der Waals surface area (Å²) < 4.78 is 1.61. The van der Waals surface area contributed by atoms with Crippen molar-refractivity contribution in [1.29, 1.82) is 0 Å². The largest absolute Gasteiger partial charge is 0.302 e. The van der Waals surface area contributed by atoms with Crippen LogP contribution in [0, 0.1) is 0 Å². The molecule has 0 N–H and O–H groups in total. The van der Waals surface area contributed by atoms with Gasteiger partial charge >= 0.3 is 0 Å². The number of para-hydroxylation sites is 1. The highest BCUT2D eigenvalue weighted by Gasteiger charge is 2.30. The molecule has 15 heavy (non-hydrogen) atoms. The van der Waals surface area contributed by atoms with E-state index >= 15 is 0 Å². The van der Waals surface area contributed by atoms with Crippen LogP contribution in [-0.4, -0.2) is 18.2 Å². The fraction of sp³-hybridized carbons (Fsp3) is 0.200. The molecular weight excluding hydrogens is 326 g/mol. The summed E-state index contributed by atoms with van der Waals surface area (Å²) in [5.74, 6) is -0.185. The first-order valence-corrected chi connectivity index (χ1v) is 5.94. The normalized spacial score (nSPS) is 16.3. The molecule has 1 aromatic rings. The highest BCUT2D eigenvalue weighted by molar-refractivity contribution is 9.11. The monoisotopic (exact) mass is 331 g/mol. The first-order chi connectivity index (χ1) is 7.09. The first-order valence-electron chi connectivity index (χ1n) is 4.35. The number of hydrogen-bond acceptors (Lipinski definition) is 2. The fourth-order valence-corrected chi connectivity index (χ4v) is 2.96. The summed E-state index contributed by atoms with van der Waals surface area (Å²) in [6.45, 7) is 0.167. The molecule has 1 saturated heterocycles. The van der Waals surface area contributed by atoms with E-state index in [0.717, 1.165) is 14.6 Å². The Kier molecular flexibility index (Phi) is 2.93. The van der Waals surface area contributed by atoms with Crippen molar-refractivity contribution in [1.82, 2.24) is 0 Å². The first kappa shape index (κ1) is 10.8. The Morgan fingerprint density at radius 1 is 1.13 bits per heavy atom. The smallest absolute Gasteiger partial charge is 0.234 e. The van der Waals surface area contributed by atoms with Gasteiger partial charge in [-0.2, -0.15) is 0 Å². The summed E-state index contributed by atoms with van der Waals surface area (Å²) in [5, 5.41) is 0. The molecule has 0 saturated carbocycles. The van der Waals surface area contributed by atoms with Crippen LogP contribution in [0.3, 0.4) is 0 Å². The third-order valence-corrected chi connectivity index (χ3v) is 3.47.